The molecule has 0 saturated carbocycles. The van der Waals surface area contributed by atoms with Crippen LogP contribution in [0.2, 0.25) is 0 Å². The largest absolute Gasteiger partial charge is 0.326 e. The van der Waals surface area contributed by atoms with Gasteiger partial charge in [-0.05, 0) is 31.2 Å². The standard InChI is InChI=1S/C12H13N3O3S2/c1-8(16)13-10-3-5-11(6-4-10)20(17,18)7-12-15-14-9(2)19-12/h3-6H,7H2,1-2H3,(H,13,16). The molecule has 1 amide bonds. The average Bonchev–Trinajstić information content (AvgIpc) is 2.74. The van der Waals surface area contributed by atoms with Crippen LogP contribution in [0.1, 0.15) is 16.9 Å². The summed E-state index contributed by atoms with van der Waals surface area (Å²) < 4.78 is 24.4. The molecule has 1 N–H and O–H groups in total. The number of nitrogens with zero attached hydrogens (tertiary/aromatic N) is 2. The smallest absolute Gasteiger partial charge is 0.221 e. The lowest BCUT2D eigenvalue weighted by Crippen LogP contribution is -2.07. The summed E-state index contributed by atoms with van der Waals surface area (Å²) in [5.41, 5.74) is 0.559. The molecule has 2 aromatic rings. The number of sulfone groups is 1. The number of aryl methyl sites for hydroxylation is 1. The third-order valence-corrected chi connectivity index (χ3v) is 5.08. The molecule has 0 radical (unpaired) electrons. The number of benzene rings is 1. The van der Waals surface area contributed by atoms with Gasteiger partial charge in [0, 0.05) is 12.6 Å². The van der Waals surface area contributed by atoms with Crippen molar-refractivity contribution in [1.82, 2.24) is 10.2 Å². The normalized spacial score (nSPS) is 11.3. The zero-order valence-electron chi connectivity index (χ0n) is 11.0. The molecule has 0 spiro atoms. The highest BCUT2D eigenvalue weighted by Crippen LogP contribution is 2.20. The Hall–Kier alpha value is -1.80. The van der Waals surface area contributed by atoms with E-state index in [2.05, 4.69) is 15.5 Å². The van der Waals surface area contributed by atoms with E-state index in [1.54, 1.807) is 19.1 Å². The Kier molecular flexibility index (Phi) is 4.15. The van der Waals surface area contributed by atoms with Gasteiger partial charge in [0.1, 0.15) is 15.8 Å². The minimum absolute atomic E-state index is 0.169. The molecule has 0 aliphatic heterocycles. The molecule has 1 aromatic heterocycles. The molecule has 0 aliphatic carbocycles. The zero-order chi connectivity index (χ0) is 14.8. The SMILES string of the molecule is CC(=O)Nc1ccc(S(=O)(=O)Cc2nnc(C)s2)cc1. The van der Waals surface area contributed by atoms with Crippen LogP contribution >= 0.6 is 11.3 Å². The van der Waals surface area contributed by atoms with Crippen LogP contribution in [0.3, 0.4) is 0 Å². The topological polar surface area (TPSA) is 89.0 Å². The van der Waals surface area contributed by atoms with Crippen LogP contribution in [0.15, 0.2) is 29.2 Å². The van der Waals surface area contributed by atoms with E-state index in [1.165, 1.54) is 30.4 Å². The first-order valence-corrected chi connectivity index (χ1v) is 8.23. The second-order valence-electron chi connectivity index (χ2n) is 4.18. The van der Waals surface area contributed by atoms with Crippen LogP contribution < -0.4 is 5.32 Å². The predicted molar refractivity (Wildman–Crippen MR) is 76.3 cm³/mol. The van der Waals surface area contributed by atoms with E-state index in [9.17, 15) is 13.2 Å². The number of carbonyl (C=O) groups excluding carboxylic acids is 1. The molecule has 106 valence electrons. The Labute approximate surface area is 120 Å². The quantitative estimate of drug-likeness (QED) is 0.929. The number of anilines is 1. The Bertz CT molecular complexity index is 721. The van der Waals surface area contributed by atoms with Crippen LogP contribution in [0.5, 0.6) is 0 Å². The minimum Gasteiger partial charge on any atom is -0.326 e. The monoisotopic (exact) mass is 311 g/mol. The lowest BCUT2D eigenvalue weighted by molar-refractivity contribution is -0.114. The zero-order valence-corrected chi connectivity index (χ0v) is 12.6. The van der Waals surface area contributed by atoms with Crippen molar-refractivity contribution in [3.8, 4) is 0 Å². The van der Waals surface area contributed by atoms with Gasteiger partial charge >= 0.3 is 0 Å². The number of carbonyl (C=O) groups is 1. The summed E-state index contributed by atoms with van der Waals surface area (Å²) in [5, 5.41) is 11.4. The highest BCUT2D eigenvalue weighted by molar-refractivity contribution is 7.90. The molecule has 0 fully saturated rings. The van der Waals surface area contributed by atoms with E-state index in [0.29, 0.717) is 10.7 Å². The molecule has 0 atom stereocenters. The number of aromatic nitrogens is 2. The van der Waals surface area contributed by atoms with Gasteiger partial charge in [0.25, 0.3) is 0 Å². The van der Waals surface area contributed by atoms with E-state index in [1.807, 2.05) is 0 Å². The van der Waals surface area contributed by atoms with E-state index in [0.717, 1.165) is 5.01 Å². The fourth-order valence-corrected chi connectivity index (χ4v) is 3.90. The first-order valence-electron chi connectivity index (χ1n) is 5.76. The maximum atomic E-state index is 12.2. The van der Waals surface area contributed by atoms with Crippen LogP contribution in [0.4, 0.5) is 5.69 Å². The van der Waals surface area contributed by atoms with Gasteiger partial charge in [-0.15, -0.1) is 21.5 Å². The molecule has 6 nitrogen and oxygen atoms in total. The van der Waals surface area contributed by atoms with Crippen molar-refractivity contribution in [2.75, 3.05) is 5.32 Å². The minimum atomic E-state index is -3.45. The van der Waals surface area contributed by atoms with E-state index in [4.69, 9.17) is 0 Å². The van der Waals surface area contributed by atoms with Crippen LogP contribution in [-0.4, -0.2) is 24.5 Å². The van der Waals surface area contributed by atoms with E-state index in [-0.39, 0.29) is 16.6 Å². The molecule has 2 rings (SSSR count). The Morgan fingerprint density at radius 2 is 1.90 bits per heavy atom. The molecule has 1 heterocycles. The van der Waals surface area contributed by atoms with Gasteiger partial charge < -0.3 is 5.32 Å². The molecule has 0 aliphatic rings. The van der Waals surface area contributed by atoms with Gasteiger partial charge in [-0.1, -0.05) is 0 Å². The summed E-state index contributed by atoms with van der Waals surface area (Å²) in [6.07, 6.45) is 0. The van der Waals surface area contributed by atoms with Gasteiger partial charge in [0.05, 0.1) is 4.90 Å². The summed E-state index contributed by atoms with van der Waals surface area (Å²) in [6.45, 7) is 3.17. The van der Waals surface area contributed by atoms with Crippen molar-refractivity contribution in [2.24, 2.45) is 0 Å². The maximum Gasteiger partial charge on any atom is 0.221 e. The number of nitrogens with one attached hydrogen (secondary N) is 1. The third-order valence-electron chi connectivity index (χ3n) is 2.42. The second-order valence-corrected chi connectivity index (χ2v) is 7.44. The van der Waals surface area contributed by atoms with Crippen molar-refractivity contribution in [1.29, 1.82) is 0 Å². The lowest BCUT2D eigenvalue weighted by Gasteiger charge is -2.05. The fourth-order valence-electron chi connectivity index (χ4n) is 1.59. The van der Waals surface area contributed by atoms with Crippen molar-refractivity contribution >= 4 is 32.8 Å². The Morgan fingerprint density at radius 3 is 2.40 bits per heavy atom. The maximum absolute atomic E-state index is 12.2. The highest BCUT2D eigenvalue weighted by atomic mass is 32.2. The molecule has 0 unspecified atom stereocenters. The van der Waals surface area contributed by atoms with Gasteiger partial charge in [0.15, 0.2) is 9.84 Å². The van der Waals surface area contributed by atoms with Crippen LogP contribution in [-0.2, 0) is 20.4 Å². The molecule has 8 heteroatoms. The summed E-state index contributed by atoms with van der Waals surface area (Å²) in [7, 11) is -3.45. The first kappa shape index (κ1) is 14.6. The lowest BCUT2D eigenvalue weighted by atomic mass is 10.3. The average molecular weight is 311 g/mol. The Morgan fingerprint density at radius 1 is 1.25 bits per heavy atom. The van der Waals surface area contributed by atoms with Gasteiger partial charge in [-0.2, -0.15) is 0 Å². The molecular formula is C12H13N3O3S2. The van der Waals surface area contributed by atoms with Crippen molar-refractivity contribution in [3.05, 3.63) is 34.3 Å². The van der Waals surface area contributed by atoms with Crippen LogP contribution in [0.25, 0.3) is 0 Å². The molecule has 0 bridgehead atoms. The summed E-state index contributed by atoms with van der Waals surface area (Å²) in [4.78, 5) is 11.1. The number of rotatable bonds is 4. The number of amides is 1. The molecule has 20 heavy (non-hydrogen) atoms. The summed E-state index contributed by atoms with van der Waals surface area (Å²) in [5.74, 6) is -0.372. The van der Waals surface area contributed by atoms with E-state index < -0.39 is 9.84 Å². The highest BCUT2D eigenvalue weighted by Gasteiger charge is 2.17. The third kappa shape index (κ3) is 3.61. The van der Waals surface area contributed by atoms with Gasteiger partial charge in [0.2, 0.25) is 5.91 Å². The fraction of sp³-hybridized carbons (Fsp3) is 0.250. The van der Waals surface area contributed by atoms with Gasteiger partial charge in [-0.25, -0.2) is 8.42 Å². The van der Waals surface area contributed by atoms with Crippen LogP contribution in [0, 0.1) is 6.92 Å². The number of hydrogen-bond donors (Lipinski definition) is 1. The number of hydrogen-bond acceptors (Lipinski definition) is 6. The molecular weight excluding hydrogens is 298 g/mol. The molecule has 0 saturated heterocycles. The van der Waals surface area contributed by atoms with E-state index >= 15 is 0 Å². The first-order chi connectivity index (χ1) is 9.37. The van der Waals surface area contributed by atoms with Gasteiger partial charge in [-0.3, -0.25) is 4.79 Å². The molecule has 1 aromatic carbocycles. The summed E-state index contributed by atoms with van der Waals surface area (Å²) in [6, 6.07) is 6.04. The predicted octanol–water partition coefficient (Wildman–Crippen LogP) is 1.78. The van der Waals surface area contributed by atoms with Crippen molar-refractivity contribution in [3.63, 3.8) is 0 Å². The van der Waals surface area contributed by atoms with Crippen molar-refractivity contribution in [2.45, 2.75) is 24.5 Å². The summed E-state index contributed by atoms with van der Waals surface area (Å²) >= 11 is 1.26. The van der Waals surface area contributed by atoms with Crippen molar-refractivity contribution < 1.29 is 13.2 Å². The Balaban J connectivity index is 2.19. The second kappa shape index (κ2) is 5.68.